The number of likely N-dealkylation sites (N-methyl/N-ethyl adjacent to an activating group) is 1. The van der Waals surface area contributed by atoms with Gasteiger partial charge in [-0.1, -0.05) is 18.2 Å². The van der Waals surface area contributed by atoms with Crippen molar-refractivity contribution in [1.82, 2.24) is 9.30 Å². The van der Waals surface area contributed by atoms with Gasteiger partial charge >= 0.3 is 0 Å². The summed E-state index contributed by atoms with van der Waals surface area (Å²) >= 11 is 0. The SMILES string of the molecule is COc1ccc(C(CO)N(C)C(=O)c2cc3c(C)cccn3c2)cc1. The molecule has 2 aromatic heterocycles. The first-order chi connectivity index (χ1) is 12.0. The number of ether oxygens (including phenoxy) is 1. The Bertz CT molecular complexity index is 884. The van der Waals surface area contributed by atoms with Crippen LogP contribution in [0.25, 0.3) is 5.52 Å². The average molecular weight is 338 g/mol. The minimum atomic E-state index is -0.414. The van der Waals surface area contributed by atoms with Gasteiger partial charge in [-0.05, 0) is 42.3 Å². The standard InChI is InChI=1S/C20H22N2O3/c1-14-5-4-10-22-12-16(11-18(14)22)20(24)21(2)19(13-23)15-6-8-17(25-3)9-7-15/h4-12,19,23H,13H2,1-3H3. The number of amides is 1. The zero-order chi connectivity index (χ0) is 18.0. The molecule has 25 heavy (non-hydrogen) atoms. The summed E-state index contributed by atoms with van der Waals surface area (Å²) in [5.41, 5.74) is 3.57. The first-order valence-electron chi connectivity index (χ1n) is 8.14. The van der Waals surface area contributed by atoms with Gasteiger partial charge in [0, 0.05) is 25.0 Å². The number of pyridine rings is 1. The number of aliphatic hydroxyl groups is 1. The molecule has 0 bridgehead atoms. The zero-order valence-electron chi connectivity index (χ0n) is 14.6. The number of aryl methyl sites for hydroxylation is 1. The van der Waals surface area contributed by atoms with Gasteiger partial charge in [0.2, 0.25) is 0 Å². The maximum absolute atomic E-state index is 12.9. The van der Waals surface area contributed by atoms with E-state index in [1.165, 1.54) is 0 Å². The van der Waals surface area contributed by atoms with E-state index in [0.717, 1.165) is 22.4 Å². The van der Waals surface area contributed by atoms with E-state index >= 15 is 0 Å². The Morgan fingerprint density at radius 3 is 2.60 bits per heavy atom. The third-order valence-electron chi connectivity index (χ3n) is 4.55. The Morgan fingerprint density at radius 1 is 1.28 bits per heavy atom. The van der Waals surface area contributed by atoms with Crippen molar-refractivity contribution in [2.75, 3.05) is 20.8 Å². The first-order valence-corrected chi connectivity index (χ1v) is 8.14. The van der Waals surface area contributed by atoms with Crippen LogP contribution in [-0.4, -0.2) is 41.1 Å². The highest BCUT2D eigenvalue weighted by Gasteiger charge is 2.23. The van der Waals surface area contributed by atoms with Gasteiger partial charge in [0.05, 0.1) is 25.3 Å². The third kappa shape index (κ3) is 3.23. The highest BCUT2D eigenvalue weighted by molar-refractivity contribution is 5.96. The molecule has 1 unspecified atom stereocenters. The topological polar surface area (TPSA) is 54.2 Å². The molecule has 3 aromatic rings. The fourth-order valence-corrected chi connectivity index (χ4v) is 3.02. The van der Waals surface area contributed by atoms with Crippen molar-refractivity contribution in [1.29, 1.82) is 0 Å². The number of aliphatic hydroxyl groups excluding tert-OH is 1. The van der Waals surface area contributed by atoms with Gasteiger partial charge in [0.15, 0.2) is 0 Å². The molecule has 0 saturated heterocycles. The molecular formula is C20H22N2O3. The largest absolute Gasteiger partial charge is 0.497 e. The van der Waals surface area contributed by atoms with Gasteiger partial charge in [0.25, 0.3) is 5.91 Å². The van der Waals surface area contributed by atoms with Crippen molar-refractivity contribution in [3.05, 3.63) is 71.5 Å². The maximum atomic E-state index is 12.9. The maximum Gasteiger partial charge on any atom is 0.255 e. The molecule has 1 amide bonds. The summed E-state index contributed by atoms with van der Waals surface area (Å²) < 4.78 is 7.10. The average Bonchev–Trinajstić information content (AvgIpc) is 3.08. The normalized spacial score (nSPS) is 12.2. The molecule has 0 fully saturated rings. The number of methoxy groups -OCH3 is 1. The van der Waals surface area contributed by atoms with Gasteiger partial charge in [-0.3, -0.25) is 4.79 Å². The van der Waals surface area contributed by atoms with Crippen LogP contribution in [-0.2, 0) is 0 Å². The number of fused-ring (bicyclic) bond motifs is 1. The van der Waals surface area contributed by atoms with E-state index in [1.807, 2.05) is 66.2 Å². The summed E-state index contributed by atoms with van der Waals surface area (Å²) in [6.07, 6.45) is 3.75. The van der Waals surface area contributed by atoms with Crippen molar-refractivity contribution in [2.45, 2.75) is 13.0 Å². The lowest BCUT2D eigenvalue weighted by molar-refractivity contribution is 0.0658. The highest BCUT2D eigenvalue weighted by Crippen LogP contribution is 2.24. The van der Waals surface area contributed by atoms with Crippen LogP contribution < -0.4 is 4.74 Å². The number of aromatic nitrogens is 1. The smallest absolute Gasteiger partial charge is 0.255 e. The van der Waals surface area contributed by atoms with E-state index in [1.54, 1.807) is 19.1 Å². The van der Waals surface area contributed by atoms with Crippen LogP contribution in [0.3, 0.4) is 0 Å². The summed E-state index contributed by atoms with van der Waals surface area (Å²) in [7, 11) is 3.32. The molecule has 2 heterocycles. The van der Waals surface area contributed by atoms with Crippen LogP contribution in [0, 0.1) is 6.92 Å². The number of hydrogen-bond acceptors (Lipinski definition) is 3. The van der Waals surface area contributed by atoms with E-state index in [9.17, 15) is 9.90 Å². The summed E-state index contributed by atoms with van der Waals surface area (Å²) in [5.74, 6) is 0.613. The Hall–Kier alpha value is -2.79. The number of hydrogen-bond donors (Lipinski definition) is 1. The van der Waals surface area contributed by atoms with Crippen molar-refractivity contribution in [3.63, 3.8) is 0 Å². The molecule has 0 saturated carbocycles. The van der Waals surface area contributed by atoms with E-state index in [0.29, 0.717) is 5.56 Å². The predicted molar refractivity (Wildman–Crippen MR) is 97.0 cm³/mol. The van der Waals surface area contributed by atoms with Crippen LogP contribution in [0.15, 0.2) is 54.9 Å². The molecule has 0 radical (unpaired) electrons. The molecule has 1 aromatic carbocycles. The van der Waals surface area contributed by atoms with Crippen molar-refractivity contribution < 1.29 is 14.6 Å². The molecule has 0 aliphatic carbocycles. The Labute approximate surface area is 147 Å². The van der Waals surface area contributed by atoms with Gasteiger partial charge in [-0.2, -0.15) is 0 Å². The molecule has 5 heteroatoms. The summed E-state index contributed by atoms with van der Waals surface area (Å²) in [4.78, 5) is 14.5. The number of rotatable bonds is 5. The van der Waals surface area contributed by atoms with Crippen LogP contribution in [0.4, 0.5) is 0 Å². The third-order valence-corrected chi connectivity index (χ3v) is 4.55. The minimum absolute atomic E-state index is 0.127. The second-order valence-electron chi connectivity index (χ2n) is 6.10. The van der Waals surface area contributed by atoms with Crippen molar-refractivity contribution >= 4 is 11.4 Å². The Morgan fingerprint density at radius 2 is 2.00 bits per heavy atom. The lowest BCUT2D eigenvalue weighted by atomic mass is 10.1. The summed E-state index contributed by atoms with van der Waals surface area (Å²) in [6.45, 7) is 1.86. The van der Waals surface area contributed by atoms with Gasteiger partial charge in [0.1, 0.15) is 5.75 Å². The zero-order valence-corrected chi connectivity index (χ0v) is 14.6. The molecule has 1 atom stereocenters. The molecular weight excluding hydrogens is 316 g/mol. The van der Waals surface area contributed by atoms with Gasteiger partial charge in [-0.15, -0.1) is 0 Å². The lowest BCUT2D eigenvalue weighted by Crippen LogP contribution is -2.33. The molecule has 130 valence electrons. The van der Waals surface area contributed by atoms with E-state index in [-0.39, 0.29) is 12.5 Å². The summed E-state index contributed by atoms with van der Waals surface area (Å²) in [6, 6.07) is 12.8. The summed E-state index contributed by atoms with van der Waals surface area (Å²) in [5, 5.41) is 9.83. The van der Waals surface area contributed by atoms with E-state index < -0.39 is 6.04 Å². The second-order valence-corrected chi connectivity index (χ2v) is 6.10. The first kappa shape index (κ1) is 17.0. The monoisotopic (exact) mass is 338 g/mol. The Balaban J connectivity index is 1.89. The molecule has 0 aliphatic rings. The highest BCUT2D eigenvalue weighted by atomic mass is 16.5. The van der Waals surface area contributed by atoms with E-state index in [2.05, 4.69) is 0 Å². The minimum Gasteiger partial charge on any atom is -0.497 e. The molecule has 0 spiro atoms. The van der Waals surface area contributed by atoms with Crippen molar-refractivity contribution in [3.8, 4) is 5.75 Å². The fourth-order valence-electron chi connectivity index (χ4n) is 3.02. The number of nitrogens with zero attached hydrogens (tertiary/aromatic N) is 2. The fraction of sp³-hybridized carbons (Fsp3) is 0.250. The van der Waals surface area contributed by atoms with Crippen molar-refractivity contribution in [2.24, 2.45) is 0 Å². The van der Waals surface area contributed by atoms with E-state index in [4.69, 9.17) is 4.74 Å². The predicted octanol–water partition coefficient (Wildman–Crippen LogP) is 3.06. The Kier molecular flexibility index (Phi) is 4.76. The number of benzene rings is 1. The molecule has 0 aliphatic heterocycles. The molecule has 5 nitrogen and oxygen atoms in total. The lowest BCUT2D eigenvalue weighted by Gasteiger charge is -2.27. The molecule has 3 rings (SSSR count). The van der Waals surface area contributed by atoms with Crippen LogP contribution in [0.1, 0.15) is 27.5 Å². The van der Waals surface area contributed by atoms with Crippen LogP contribution in [0.2, 0.25) is 0 Å². The quantitative estimate of drug-likeness (QED) is 0.778. The van der Waals surface area contributed by atoms with Crippen LogP contribution in [0.5, 0.6) is 5.75 Å². The van der Waals surface area contributed by atoms with Gasteiger partial charge < -0.3 is 19.1 Å². The second kappa shape index (κ2) is 6.99. The van der Waals surface area contributed by atoms with Gasteiger partial charge in [-0.25, -0.2) is 0 Å². The molecule has 1 N–H and O–H groups in total. The van der Waals surface area contributed by atoms with Crippen LogP contribution >= 0.6 is 0 Å². The number of carbonyl (C=O) groups excluding carboxylic acids is 1. The number of carbonyl (C=O) groups is 1.